The number of aliphatic imine (C=N–C) groups is 1. The number of aliphatic hydroxyl groups excluding tert-OH is 1. The molecule has 0 amide bonds. The van der Waals surface area contributed by atoms with Crippen LogP contribution in [0.5, 0.6) is 5.75 Å². The van der Waals surface area contributed by atoms with Crippen LogP contribution >= 0.6 is 0 Å². The molecule has 0 bridgehead atoms. The number of guanidine groups is 1. The molecule has 2 rings (SSSR count). The summed E-state index contributed by atoms with van der Waals surface area (Å²) in [6, 6.07) is 15.6. The van der Waals surface area contributed by atoms with E-state index < -0.39 is 6.10 Å². The topological polar surface area (TPSA) is 65.9 Å². The van der Waals surface area contributed by atoms with Gasteiger partial charge in [-0.25, -0.2) is 4.99 Å². The van der Waals surface area contributed by atoms with Crippen molar-refractivity contribution in [2.75, 3.05) is 20.2 Å². The van der Waals surface area contributed by atoms with E-state index in [2.05, 4.69) is 34.7 Å². The van der Waals surface area contributed by atoms with Crippen LogP contribution in [0.4, 0.5) is 0 Å². The SMILES string of the molecule is CCNC(=NCc1ccccc1C)NCC(O)c1cccc(OC)c1. The molecule has 0 saturated heterocycles. The Kier molecular flexibility index (Phi) is 7.29. The van der Waals surface area contributed by atoms with Crippen molar-refractivity contribution in [3.05, 3.63) is 65.2 Å². The van der Waals surface area contributed by atoms with Crippen LogP contribution in [0.1, 0.15) is 29.7 Å². The van der Waals surface area contributed by atoms with Crippen molar-refractivity contribution in [1.29, 1.82) is 0 Å². The molecule has 134 valence electrons. The molecule has 0 saturated carbocycles. The zero-order valence-corrected chi connectivity index (χ0v) is 15.1. The fourth-order valence-corrected chi connectivity index (χ4v) is 2.45. The normalized spacial score (nSPS) is 12.6. The van der Waals surface area contributed by atoms with Gasteiger partial charge in [0, 0.05) is 13.1 Å². The van der Waals surface area contributed by atoms with Gasteiger partial charge < -0.3 is 20.5 Å². The molecule has 0 radical (unpaired) electrons. The van der Waals surface area contributed by atoms with Gasteiger partial charge in [0.05, 0.1) is 19.8 Å². The van der Waals surface area contributed by atoms with Crippen LogP contribution in [0, 0.1) is 6.92 Å². The second kappa shape index (κ2) is 9.69. The van der Waals surface area contributed by atoms with Crippen LogP contribution < -0.4 is 15.4 Å². The summed E-state index contributed by atoms with van der Waals surface area (Å²) in [5.41, 5.74) is 3.22. The number of benzene rings is 2. The summed E-state index contributed by atoms with van der Waals surface area (Å²) in [7, 11) is 1.62. The fourth-order valence-electron chi connectivity index (χ4n) is 2.45. The van der Waals surface area contributed by atoms with Crippen LogP contribution in [-0.4, -0.2) is 31.3 Å². The summed E-state index contributed by atoms with van der Waals surface area (Å²) in [5, 5.41) is 16.8. The smallest absolute Gasteiger partial charge is 0.191 e. The van der Waals surface area contributed by atoms with Gasteiger partial charge in [0.2, 0.25) is 0 Å². The molecule has 0 spiro atoms. The number of hydrogen-bond acceptors (Lipinski definition) is 3. The number of ether oxygens (including phenoxy) is 1. The van der Waals surface area contributed by atoms with Gasteiger partial charge in [-0.2, -0.15) is 0 Å². The first-order valence-corrected chi connectivity index (χ1v) is 8.52. The highest BCUT2D eigenvalue weighted by molar-refractivity contribution is 5.79. The molecule has 0 aliphatic heterocycles. The van der Waals surface area contributed by atoms with Crippen molar-refractivity contribution in [2.24, 2.45) is 4.99 Å². The second-order valence-electron chi connectivity index (χ2n) is 5.79. The van der Waals surface area contributed by atoms with Crippen molar-refractivity contribution in [3.8, 4) is 5.75 Å². The largest absolute Gasteiger partial charge is 0.497 e. The molecule has 0 heterocycles. The molecule has 0 aliphatic rings. The molecule has 0 fully saturated rings. The Morgan fingerprint density at radius 2 is 1.96 bits per heavy atom. The molecule has 5 nitrogen and oxygen atoms in total. The Morgan fingerprint density at radius 3 is 2.68 bits per heavy atom. The Labute approximate surface area is 149 Å². The van der Waals surface area contributed by atoms with Crippen LogP contribution in [0.25, 0.3) is 0 Å². The van der Waals surface area contributed by atoms with E-state index in [0.717, 1.165) is 17.9 Å². The lowest BCUT2D eigenvalue weighted by molar-refractivity contribution is 0.180. The monoisotopic (exact) mass is 341 g/mol. The summed E-state index contributed by atoms with van der Waals surface area (Å²) in [5.74, 6) is 1.42. The van der Waals surface area contributed by atoms with Crippen molar-refractivity contribution >= 4 is 5.96 Å². The first-order chi connectivity index (χ1) is 12.1. The average Bonchev–Trinajstić information content (AvgIpc) is 2.65. The molecule has 0 aliphatic carbocycles. The van der Waals surface area contributed by atoms with Crippen molar-refractivity contribution in [2.45, 2.75) is 26.5 Å². The number of nitrogens with one attached hydrogen (secondary N) is 2. The fraction of sp³-hybridized carbons (Fsp3) is 0.350. The van der Waals surface area contributed by atoms with E-state index >= 15 is 0 Å². The Morgan fingerprint density at radius 1 is 1.16 bits per heavy atom. The molecule has 1 atom stereocenters. The predicted octanol–water partition coefficient (Wildman–Crippen LogP) is 2.79. The molecule has 2 aromatic carbocycles. The first kappa shape index (κ1) is 18.8. The average molecular weight is 341 g/mol. The predicted molar refractivity (Wildman–Crippen MR) is 102 cm³/mol. The maximum absolute atomic E-state index is 10.4. The van der Waals surface area contributed by atoms with Gasteiger partial charge in [0.25, 0.3) is 0 Å². The van der Waals surface area contributed by atoms with Gasteiger partial charge in [-0.15, -0.1) is 0 Å². The minimum absolute atomic E-state index is 0.368. The number of methoxy groups -OCH3 is 1. The van der Waals surface area contributed by atoms with E-state index in [1.165, 1.54) is 11.1 Å². The van der Waals surface area contributed by atoms with E-state index in [1.54, 1.807) is 7.11 Å². The number of nitrogens with zero attached hydrogens (tertiary/aromatic N) is 1. The molecule has 5 heteroatoms. The van der Waals surface area contributed by atoms with E-state index in [1.807, 2.05) is 43.3 Å². The molecule has 1 unspecified atom stereocenters. The minimum Gasteiger partial charge on any atom is -0.497 e. The van der Waals surface area contributed by atoms with Gasteiger partial charge in [0.15, 0.2) is 5.96 Å². The van der Waals surface area contributed by atoms with Crippen LogP contribution in [0.15, 0.2) is 53.5 Å². The lowest BCUT2D eigenvalue weighted by Gasteiger charge is -2.16. The third-order valence-electron chi connectivity index (χ3n) is 3.95. The third kappa shape index (κ3) is 5.80. The lowest BCUT2D eigenvalue weighted by atomic mass is 10.1. The van der Waals surface area contributed by atoms with Crippen LogP contribution in [0.2, 0.25) is 0 Å². The summed E-state index contributed by atoms with van der Waals surface area (Å²) in [4.78, 5) is 4.60. The highest BCUT2D eigenvalue weighted by Crippen LogP contribution is 2.18. The minimum atomic E-state index is -0.641. The van der Waals surface area contributed by atoms with Gasteiger partial charge in [0.1, 0.15) is 5.75 Å². The standard InChI is InChI=1S/C20H27N3O2/c1-4-21-20(22-13-17-9-6-5-8-15(17)2)23-14-19(24)16-10-7-11-18(12-16)25-3/h5-12,19,24H,4,13-14H2,1-3H3,(H2,21,22,23). The van der Waals surface area contributed by atoms with E-state index in [-0.39, 0.29) is 0 Å². The number of aliphatic hydroxyl groups is 1. The molecule has 2 aromatic rings. The highest BCUT2D eigenvalue weighted by Gasteiger charge is 2.09. The highest BCUT2D eigenvalue weighted by atomic mass is 16.5. The summed E-state index contributed by atoms with van der Waals surface area (Å²) < 4.78 is 5.20. The molecular formula is C20H27N3O2. The zero-order valence-electron chi connectivity index (χ0n) is 15.1. The van der Waals surface area contributed by atoms with Crippen molar-refractivity contribution < 1.29 is 9.84 Å². The molecular weight excluding hydrogens is 314 g/mol. The van der Waals surface area contributed by atoms with E-state index in [0.29, 0.717) is 19.0 Å². The Bertz CT molecular complexity index is 701. The van der Waals surface area contributed by atoms with Gasteiger partial charge in [-0.1, -0.05) is 36.4 Å². The maximum Gasteiger partial charge on any atom is 0.191 e. The van der Waals surface area contributed by atoms with Crippen LogP contribution in [-0.2, 0) is 6.54 Å². The Balaban J connectivity index is 1.98. The first-order valence-electron chi connectivity index (χ1n) is 8.52. The zero-order chi connectivity index (χ0) is 18.1. The summed E-state index contributed by atoms with van der Waals surface area (Å²) >= 11 is 0. The summed E-state index contributed by atoms with van der Waals surface area (Å²) in [6.45, 7) is 5.82. The van der Waals surface area contributed by atoms with Crippen molar-refractivity contribution in [1.82, 2.24) is 10.6 Å². The van der Waals surface area contributed by atoms with Gasteiger partial charge in [-0.05, 0) is 42.7 Å². The maximum atomic E-state index is 10.4. The number of aryl methyl sites for hydroxylation is 1. The number of rotatable bonds is 7. The van der Waals surface area contributed by atoms with Crippen molar-refractivity contribution in [3.63, 3.8) is 0 Å². The quantitative estimate of drug-likeness (QED) is 0.535. The van der Waals surface area contributed by atoms with Gasteiger partial charge >= 0.3 is 0 Å². The molecule has 0 aromatic heterocycles. The summed E-state index contributed by atoms with van der Waals surface area (Å²) in [6.07, 6.45) is -0.641. The Hall–Kier alpha value is -2.53. The van der Waals surface area contributed by atoms with Crippen LogP contribution in [0.3, 0.4) is 0 Å². The van der Waals surface area contributed by atoms with E-state index in [9.17, 15) is 5.11 Å². The second-order valence-corrected chi connectivity index (χ2v) is 5.79. The lowest BCUT2D eigenvalue weighted by Crippen LogP contribution is -2.39. The number of hydrogen-bond donors (Lipinski definition) is 3. The third-order valence-corrected chi connectivity index (χ3v) is 3.95. The van der Waals surface area contributed by atoms with Gasteiger partial charge in [-0.3, -0.25) is 0 Å². The molecule has 25 heavy (non-hydrogen) atoms. The molecule has 3 N–H and O–H groups in total. The van der Waals surface area contributed by atoms with E-state index in [4.69, 9.17) is 4.74 Å².